The van der Waals surface area contributed by atoms with E-state index in [1.165, 1.54) is 0 Å². The molecule has 0 bridgehead atoms. The zero-order valence-corrected chi connectivity index (χ0v) is 10.5. The van der Waals surface area contributed by atoms with Crippen LogP contribution >= 0.6 is 0 Å². The van der Waals surface area contributed by atoms with Gasteiger partial charge in [0.1, 0.15) is 6.61 Å². The summed E-state index contributed by atoms with van der Waals surface area (Å²) < 4.78 is 10.2. The number of hydrogen-bond donors (Lipinski definition) is 1. The Morgan fingerprint density at radius 3 is 2.83 bits per heavy atom. The van der Waals surface area contributed by atoms with Crippen LogP contribution in [0.25, 0.3) is 0 Å². The molecular weight excluding hydrogens is 232 g/mol. The van der Waals surface area contributed by atoms with E-state index in [1.54, 1.807) is 25.4 Å². The minimum atomic E-state index is 0.0936. The molecule has 1 aromatic rings. The summed E-state index contributed by atoms with van der Waals surface area (Å²) in [6.45, 7) is 0.999. The van der Waals surface area contributed by atoms with E-state index in [4.69, 9.17) is 9.47 Å². The second kappa shape index (κ2) is 6.35. The molecule has 0 saturated heterocycles. The lowest BCUT2D eigenvalue weighted by Gasteiger charge is -2.23. The lowest BCUT2D eigenvalue weighted by Crippen LogP contribution is -2.28. The third-order valence-corrected chi connectivity index (χ3v) is 3.02. The number of aromatic nitrogens is 1. The molecule has 1 fully saturated rings. The van der Waals surface area contributed by atoms with E-state index in [0.717, 1.165) is 19.3 Å². The molecule has 5 nitrogen and oxygen atoms in total. The minimum absolute atomic E-state index is 0.0936. The Hall–Kier alpha value is -1.62. The Morgan fingerprint density at radius 2 is 2.28 bits per heavy atom. The first-order valence-electron chi connectivity index (χ1n) is 6.18. The summed E-state index contributed by atoms with van der Waals surface area (Å²) >= 11 is 0. The van der Waals surface area contributed by atoms with Crippen LogP contribution in [0.2, 0.25) is 0 Å². The number of ether oxygens (including phenoxy) is 2. The molecular formula is C13H18N2O3. The van der Waals surface area contributed by atoms with Crippen LogP contribution < -0.4 is 10.1 Å². The summed E-state index contributed by atoms with van der Waals surface area (Å²) in [6.07, 6.45) is 4.76. The molecule has 0 spiro atoms. The predicted molar refractivity (Wildman–Crippen MR) is 67.6 cm³/mol. The van der Waals surface area contributed by atoms with E-state index in [2.05, 4.69) is 10.3 Å². The number of carbonyl (C=O) groups excluding carboxylic acids is 1. The lowest BCUT2D eigenvalue weighted by atomic mass is 9.85. The van der Waals surface area contributed by atoms with Gasteiger partial charge in [-0.05, 0) is 18.9 Å². The molecule has 0 aromatic carbocycles. The summed E-state index contributed by atoms with van der Waals surface area (Å²) in [6, 6.07) is 3.54. The minimum Gasteiger partial charge on any atom is -0.475 e. The van der Waals surface area contributed by atoms with Gasteiger partial charge < -0.3 is 14.8 Å². The Balaban J connectivity index is 1.81. The van der Waals surface area contributed by atoms with Crippen LogP contribution in [0.1, 0.15) is 19.3 Å². The Kier molecular flexibility index (Phi) is 4.52. The number of nitrogens with zero attached hydrogens (tertiary/aromatic N) is 1. The van der Waals surface area contributed by atoms with Crippen molar-refractivity contribution in [2.24, 2.45) is 5.92 Å². The van der Waals surface area contributed by atoms with Crippen LogP contribution in [-0.4, -0.2) is 31.2 Å². The highest BCUT2D eigenvalue weighted by Crippen LogP contribution is 2.27. The van der Waals surface area contributed by atoms with Crippen LogP contribution in [-0.2, 0) is 9.53 Å². The molecule has 0 atom stereocenters. The van der Waals surface area contributed by atoms with Gasteiger partial charge in [0.25, 0.3) is 0 Å². The van der Waals surface area contributed by atoms with Crippen LogP contribution in [0.5, 0.6) is 5.88 Å². The second-order valence-corrected chi connectivity index (χ2v) is 4.34. The molecule has 1 saturated carbocycles. The van der Waals surface area contributed by atoms with Gasteiger partial charge in [-0.3, -0.25) is 4.79 Å². The largest absolute Gasteiger partial charge is 0.475 e. The Bertz CT molecular complexity index is 388. The second-order valence-electron chi connectivity index (χ2n) is 4.34. The van der Waals surface area contributed by atoms with E-state index in [1.807, 2.05) is 0 Å². The van der Waals surface area contributed by atoms with E-state index in [9.17, 15) is 4.79 Å². The maximum absolute atomic E-state index is 11.7. The average molecular weight is 250 g/mol. The van der Waals surface area contributed by atoms with Crippen molar-refractivity contribution < 1.29 is 14.3 Å². The first-order chi connectivity index (χ1) is 8.79. The fourth-order valence-electron chi connectivity index (χ4n) is 1.68. The summed E-state index contributed by atoms with van der Waals surface area (Å²) in [7, 11) is 1.62. The molecule has 18 heavy (non-hydrogen) atoms. The van der Waals surface area contributed by atoms with E-state index in [-0.39, 0.29) is 11.8 Å². The van der Waals surface area contributed by atoms with Gasteiger partial charge in [-0.1, -0.05) is 6.42 Å². The highest BCUT2D eigenvalue weighted by Gasteiger charge is 2.25. The van der Waals surface area contributed by atoms with Gasteiger partial charge in [-0.25, -0.2) is 4.98 Å². The molecule has 0 aliphatic heterocycles. The summed E-state index contributed by atoms with van der Waals surface area (Å²) in [5.74, 6) is 0.812. The molecule has 1 aromatic heterocycles. The Labute approximate surface area is 107 Å². The quantitative estimate of drug-likeness (QED) is 0.783. The SMILES string of the molecule is COCCOc1ccc(NC(=O)C2CCC2)cn1. The number of methoxy groups -OCH3 is 1. The van der Waals surface area contributed by atoms with Gasteiger partial charge in [0.05, 0.1) is 18.5 Å². The van der Waals surface area contributed by atoms with Crippen molar-refractivity contribution in [1.82, 2.24) is 4.98 Å². The number of nitrogens with one attached hydrogen (secondary N) is 1. The van der Waals surface area contributed by atoms with Crippen molar-refractivity contribution in [1.29, 1.82) is 0 Å². The number of carbonyl (C=O) groups is 1. The maximum atomic E-state index is 11.7. The summed E-state index contributed by atoms with van der Waals surface area (Å²) in [4.78, 5) is 15.8. The molecule has 98 valence electrons. The van der Waals surface area contributed by atoms with Gasteiger partial charge in [0.2, 0.25) is 11.8 Å². The fourth-order valence-corrected chi connectivity index (χ4v) is 1.68. The molecule has 0 unspecified atom stereocenters. The van der Waals surface area contributed by atoms with Gasteiger partial charge in [0, 0.05) is 19.1 Å². The van der Waals surface area contributed by atoms with E-state index in [0.29, 0.717) is 24.8 Å². The molecule has 1 N–H and O–H groups in total. The Morgan fingerprint density at radius 1 is 1.44 bits per heavy atom. The molecule has 1 aliphatic rings. The zero-order valence-electron chi connectivity index (χ0n) is 10.5. The van der Waals surface area contributed by atoms with Crippen molar-refractivity contribution in [3.63, 3.8) is 0 Å². The number of pyridine rings is 1. The maximum Gasteiger partial charge on any atom is 0.227 e. The van der Waals surface area contributed by atoms with Crippen LogP contribution in [0.3, 0.4) is 0 Å². The number of anilines is 1. The van der Waals surface area contributed by atoms with Crippen LogP contribution in [0, 0.1) is 5.92 Å². The standard InChI is InChI=1S/C13H18N2O3/c1-17-7-8-18-12-6-5-11(9-14-12)15-13(16)10-3-2-4-10/h5-6,9-10H,2-4,7-8H2,1H3,(H,15,16). The topological polar surface area (TPSA) is 60.5 Å². The first-order valence-corrected chi connectivity index (χ1v) is 6.18. The normalized spacial score (nSPS) is 14.9. The molecule has 0 radical (unpaired) electrons. The van der Waals surface area contributed by atoms with Crippen molar-refractivity contribution in [2.75, 3.05) is 25.6 Å². The number of rotatable bonds is 6. The van der Waals surface area contributed by atoms with Crippen LogP contribution in [0.4, 0.5) is 5.69 Å². The van der Waals surface area contributed by atoms with E-state index >= 15 is 0 Å². The monoisotopic (exact) mass is 250 g/mol. The molecule has 1 heterocycles. The third kappa shape index (κ3) is 3.43. The van der Waals surface area contributed by atoms with Gasteiger partial charge in [-0.2, -0.15) is 0 Å². The van der Waals surface area contributed by atoms with Gasteiger partial charge in [0.15, 0.2) is 0 Å². The van der Waals surface area contributed by atoms with Crippen molar-refractivity contribution in [2.45, 2.75) is 19.3 Å². The molecule has 5 heteroatoms. The van der Waals surface area contributed by atoms with Gasteiger partial charge in [-0.15, -0.1) is 0 Å². The smallest absolute Gasteiger partial charge is 0.227 e. The lowest BCUT2D eigenvalue weighted by molar-refractivity contribution is -0.122. The van der Waals surface area contributed by atoms with Crippen molar-refractivity contribution in [3.8, 4) is 5.88 Å². The highest BCUT2D eigenvalue weighted by molar-refractivity contribution is 5.92. The van der Waals surface area contributed by atoms with Gasteiger partial charge >= 0.3 is 0 Å². The van der Waals surface area contributed by atoms with Crippen molar-refractivity contribution >= 4 is 11.6 Å². The number of hydrogen-bond acceptors (Lipinski definition) is 4. The summed E-state index contributed by atoms with van der Waals surface area (Å²) in [5, 5.41) is 2.86. The van der Waals surface area contributed by atoms with Crippen molar-refractivity contribution in [3.05, 3.63) is 18.3 Å². The number of amides is 1. The summed E-state index contributed by atoms with van der Waals surface area (Å²) in [5.41, 5.74) is 0.714. The molecule has 2 rings (SSSR count). The first kappa shape index (κ1) is 12.8. The van der Waals surface area contributed by atoms with E-state index < -0.39 is 0 Å². The average Bonchev–Trinajstić information content (AvgIpc) is 2.29. The third-order valence-electron chi connectivity index (χ3n) is 3.02. The fraction of sp³-hybridized carbons (Fsp3) is 0.538. The zero-order chi connectivity index (χ0) is 12.8. The highest BCUT2D eigenvalue weighted by atomic mass is 16.5. The predicted octanol–water partition coefficient (Wildman–Crippen LogP) is 1.85. The molecule has 1 aliphatic carbocycles. The van der Waals surface area contributed by atoms with Crippen LogP contribution in [0.15, 0.2) is 18.3 Å². The molecule has 1 amide bonds.